The summed E-state index contributed by atoms with van der Waals surface area (Å²) in [4.78, 5) is 24.2. The van der Waals surface area contributed by atoms with Crippen LogP contribution in [0.5, 0.6) is 0 Å². The van der Waals surface area contributed by atoms with Gasteiger partial charge in [0.25, 0.3) is 5.91 Å². The lowest BCUT2D eigenvalue weighted by atomic mass is 10.0. The van der Waals surface area contributed by atoms with Gasteiger partial charge in [-0.25, -0.2) is 12.8 Å². The predicted molar refractivity (Wildman–Crippen MR) is 102 cm³/mol. The molecule has 0 saturated carbocycles. The minimum Gasteiger partial charge on any atom is -0.463 e. The maximum Gasteiger partial charge on any atom is 0.308 e. The quantitative estimate of drug-likeness (QED) is 0.713. The summed E-state index contributed by atoms with van der Waals surface area (Å²) in [6, 6.07) is 11.2. The Bertz CT molecular complexity index is 958. The molecule has 2 aromatic rings. The number of carbonyl (C=O) groups is 2. The van der Waals surface area contributed by atoms with Crippen molar-refractivity contribution in [2.75, 3.05) is 6.26 Å². The van der Waals surface area contributed by atoms with Gasteiger partial charge in [-0.3, -0.25) is 9.59 Å². The number of rotatable bonds is 7. The number of esters is 1. The molecule has 0 aliphatic heterocycles. The van der Waals surface area contributed by atoms with Crippen LogP contribution < -0.4 is 5.32 Å². The topological polar surface area (TPSA) is 89.5 Å². The van der Waals surface area contributed by atoms with Gasteiger partial charge in [0.05, 0.1) is 18.6 Å². The molecule has 1 amide bonds. The van der Waals surface area contributed by atoms with E-state index in [4.69, 9.17) is 4.74 Å². The monoisotopic (exact) mass is 407 g/mol. The zero-order valence-corrected chi connectivity index (χ0v) is 16.6. The van der Waals surface area contributed by atoms with Crippen LogP contribution in [-0.2, 0) is 19.4 Å². The Labute approximate surface area is 163 Å². The Balaban J connectivity index is 2.29. The van der Waals surface area contributed by atoms with Crippen LogP contribution in [0.1, 0.15) is 42.2 Å². The van der Waals surface area contributed by atoms with E-state index < -0.39 is 38.5 Å². The van der Waals surface area contributed by atoms with Crippen molar-refractivity contribution in [2.45, 2.75) is 37.3 Å². The number of halogens is 1. The van der Waals surface area contributed by atoms with E-state index in [1.165, 1.54) is 6.07 Å². The summed E-state index contributed by atoms with van der Waals surface area (Å²) in [6.45, 7) is 3.44. The van der Waals surface area contributed by atoms with Gasteiger partial charge in [0.1, 0.15) is 10.7 Å². The highest BCUT2D eigenvalue weighted by atomic mass is 32.2. The Morgan fingerprint density at radius 2 is 1.75 bits per heavy atom. The van der Waals surface area contributed by atoms with Crippen LogP contribution in [0.4, 0.5) is 4.39 Å². The van der Waals surface area contributed by atoms with Crippen molar-refractivity contribution in [3.05, 3.63) is 65.5 Å². The van der Waals surface area contributed by atoms with Gasteiger partial charge < -0.3 is 10.1 Å². The van der Waals surface area contributed by atoms with Gasteiger partial charge in [0.2, 0.25) is 0 Å². The van der Waals surface area contributed by atoms with Crippen LogP contribution in [0.3, 0.4) is 0 Å². The molecule has 2 rings (SSSR count). The first-order valence-corrected chi connectivity index (χ1v) is 10.5. The van der Waals surface area contributed by atoms with Crippen LogP contribution in [-0.4, -0.2) is 32.7 Å². The van der Waals surface area contributed by atoms with E-state index in [1.807, 2.05) is 0 Å². The Kier molecular flexibility index (Phi) is 6.90. The first kappa shape index (κ1) is 21.6. The van der Waals surface area contributed by atoms with Crippen molar-refractivity contribution < 1.29 is 27.1 Å². The van der Waals surface area contributed by atoms with Crippen LogP contribution in [0.15, 0.2) is 53.4 Å². The first-order chi connectivity index (χ1) is 13.1. The smallest absolute Gasteiger partial charge is 0.308 e. The third kappa shape index (κ3) is 5.88. The van der Waals surface area contributed by atoms with Crippen LogP contribution in [0, 0.1) is 5.82 Å². The van der Waals surface area contributed by atoms with Gasteiger partial charge in [-0.15, -0.1) is 0 Å². The molecule has 0 bridgehead atoms. The zero-order valence-electron chi connectivity index (χ0n) is 15.8. The lowest BCUT2D eigenvalue weighted by molar-refractivity contribution is -0.147. The molecular formula is C20H22FNO5S. The van der Waals surface area contributed by atoms with E-state index in [9.17, 15) is 22.4 Å². The number of hydrogen-bond acceptors (Lipinski definition) is 5. The molecule has 8 heteroatoms. The Hall–Kier alpha value is -2.74. The van der Waals surface area contributed by atoms with E-state index in [-0.39, 0.29) is 18.1 Å². The van der Waals surface area contributed by atoms with Crippen LogP contribution >= 0.6 is 0 Å². The highest BCUT2D eigenvalue weighted by molar-refractivity contribution is 7.90. The average molecular weight is 407 g/mol. The fraction of sp³-hybridized carbons (Fsp3) is 0.300. The minimum atomic E-state index is -3.83. The van der Waals surface area contributed by atoms with Crippen LogP contribution in [0.25, 0.3) is 0 Å². The van der Waals surface area contributed by atoms with Gasteiger partial charge in [-0.1, -0.05) is 30.3 Å². The maximum absolute atomic E-state index is 13.8. The third-order valence-corrected chi connectivity index (χ3v) is 4.95. The van der Waals surface area contributed by atoms with Crippen molar-refractivity contribution in [2.24, 2.45) is 0 Å². The molecule has 0 heterocycles. The van der Waals surface area contributed by atoms with Crippen molar-refractivity contribution in [1.82, 2.24) is 5.32 Å². The summed E-state index contributed by atoms with van der Waals surface area (Å²) >= 11 is 0. The van der Waals surface area contributed by atoms with E-state index in [1.54, 1.807) is 44.2 Å². The van der Waals surface area contributed by atoms with Gasteiger partial charge in [-0.05, 0) is 37.6 Å². The lowest BCUT2D eigenvalue weighted by Crippen LogP contribution is -2.31. The SMILES string of the molecule is CC(C)OC(=O)C[C@@H](NC(=O)c1ccc(F)c(S(C)(=O)=O)c1)c1ccccc1. The molecule has 150 valence electrons. The zero-order chi connectivity index (χ0) is 20.9. The van der Waals surface area contributed by atoms with Gasteiger partial charge >= 0.3 is 5.97 Å². The van der Waals surface area contributed by atoms with Gasteiger partial charge in [0, 0.05) is 11.8 Å². The molecule has 0 aliphatic rings. The molecule has 0 radical (unpaired) electrons. The minimum absolute atomic E-state index is 0.0278. The molecule has 0 aliphatic carbocycles. The number of benzene rings is 2. The van der Waals surface area contributed by atoms with Crippen molar-refractivity contribution in [3.8, 4) is 0 Å². The van der Waals surface area contributed by atoms with E-state index in [0.717, 1.165) is 18.4 Å². The molecule has 28 heavy (non-hydrogen) atoms. The summed E-state index contributed by atoms with van der Waals surface area (Å²) in [6.07, 6.45) is 0.463. The van der Waals surface area contributed by atoms with Gasteiger partial charge in [-0.2, -0.15) is 0 Å². The second kappa shape index (κ2) is 8.97. The Morgan fingerprint density at radius 3 is 2.32 bits per heavy atom. The molecule has 0 aromatic heterocycles. The third-order valence-electron chi connectivity index (χ3n) is 3.84. The summed E-state index contributed by atoms with van der Waals surface area (Å²) in [5.74, 6) is -2.05. The molecule has 1 N–H and O–H groups in total. The molecule has 6 nitrogen and oxygen atoms in total. The number of amides is 1. The van der Waals surface area contributed by atoms with Crippen molar-refractivity contribution >= 4 is 21.7 Å². The predicted octanol–water partition coefficient (Wildman–Crippen LogP) is 3.04. The van der Waals surface area contributed by atoms with Gasteiger partial charge in [0.15, 0.2) is 9.84 Å². The second-order valence-electron chi connectivity index (χ2n) is 6.60. The summed E-state index contributed by atoms with van der Waals surface area (Å²) in [5.41, 5.74) is 0.655. The normalized spacial score (nSPS) is 12.5. The molecule has 0 saturated heterocycles. The molecule has 0 unspecified atom stereocenters. The highest BCUT2D eigenvalue weighted by Crippen LogP contribution is 2.20. The fourth-order valence-electron chi connectivity index (χ4n) is 2.59. The van der Waals surface area contributed by atoms with Crippen molar-refractivity contribution in [3.63, 3.8) is 0 Å². The van der Waals surface area contributed by atoms with Crippen LogP contribution in [0.2, 0.25) is 0 Å². The number of ether oxygens (including phenoxy) is 1. The number of nitrogens with one attached hydrogen (secondary N) is 1. The molecule has 0 fully saturated rings. The highest BCUT2D eigenvalue weighted by Gasteiger charge is 2.22. The standard InChI is InChI=1S/C20H22FNO5S/c1-13(2)27-19(23)12-17(14-7-5-4-6-8-14)22-20(24)15-9-10-16(21)18(11-15)28(3,25)26/h4-11,13,17H,12H2,1-3H3,(H,22,24)/t17-/m1/s1. The lowest BCUT2D eigenvalue weighted by Gasteiger charge is -2.19. The molecule has 2 aromatic carbocycles. The maximum atomic E-state index is 13.8. The molecular weight excluding hydrogens is 385 g/mol. The fourth-order valence-corrected chi connectivity index (χ4v) is 3.35. The summed E-state index contributed by atoms with van der Waals surface area (Å²) in [5, 5.41) is 2.69. The Morgan fingerprint density at radius 1 is 1.11 bits per heavy atom. The summed E-state index contributed by atoms with van der Waals surface area (Å²) in [7, 11) is -3.83. The largest absolute Gasteiger partial charge is 0.463 e. The number of sulfone groups is 1. The average Bonchev–Trinajstić information content (AvgIpc) is 2.60. The number of carbonyl (C=O) groups excluding carboxylic acids is 2. The van der Waals surface area contributed by atoms with E-state index in [2.05, 4.69) is 5.32 Å². The van der Waals surface area contributed by atoms with E-state index in [0.29, 0.717) is 5.56 Å². The van der Waals surface area contributed by atoms with Crippen molar-refractivity contribution in [1.29, 1.82) is 0 Å². The second-order valence-corrected chi connectivity index (χ2v) is 8.58. The van der Waals surface area contributed by atoms with E-state index >= 15 is 0 Å². The molecule has 0 spiro atoms. The number of hydrogen-bond donors (Lipinski definition) is 1. The first-order valence-electron chi connectivity index (χ1n) is 8.63. The molecule has 1 atom stereocenters. The summed E-state index contributed by atoms with van der Waals surface area (Å²) < 4.78 is 42.3.